The van der Waals surface area contributed by atoms with Gasteiger partial charge in [-0.05, 0) is 24.6 Å². The SMILES string of the molecule is Cc1c(N)cc(S(=O)(=O)NCC(O)CO)cc1Cl. The van der Waals surface area contributed by atoms with E-state index in [4.69, 9.17) is 27.5 Å². The van der Waals surface area contributed by atoms with Crippen LogP contribution in [0.25, 0.3) is 0 Å². The minimum Gasteiger partial charge on any atom is -0.398 e. The molecule has 0 amide bonds. The van der Waals surface area contributed by atoms with Gasteiger partial charge in [0.25, 0.3) is 0 Å². The third-order valence-electron chi connectivity index (χ3n) is 2.39. The van der Waals surface area contributed by atoms with Crippen molar-refractivity contribution in [3.63, 3.8) is 0 Å². The molecule has 0 aliphatic carbocycles. The summed E-state index contributed by atoms with van der Waals surface area (Å²) in [4.78, 5) is -0.0826. The van der Waals surface area contributed by atoms with E-state index in [9.17, 15) is 8.42 Å². The quantitative estimate of drug-likeness (QED) is 0.565. The van der Waals surface area contributed by atoms with E-state index in [1.54, 1.807) is 6.92 Å². The number of rotatable bonds is 5. The van der Waals surface area contributed by atoms with Crippen LogP contribution in [0.1, 0.15) is 5.56 Å². The molecular weight excluding hydrogens is 280 g/mol. The summed E-state index contributed by atoms with van der Waals surface area (Å²) in [5, 5.41) is 17.9. The zero-order valence-corrected chi connectivity index (χ0v) is 11.3. The second-order valence-corrected chi connectivity index (χ2v) is 5.98. The van der Waals surface area contributed by atoms with Crippen LogP contribution >= 0.6 is 11.6 Å². The summed E-state index contributed by atoms with van der Waals surface area (Å²) in [6, 6.07) is 2.57. The molecule has 0 aliphatic heterocycles. The third-order valence-corrected chi connectivity index (χ3v) is 4.18. The highest BCUT2D eigenvalue weighted by molar-refractivity contribution is 7.89. The van der Waals surface area contributed by atoms with Crippen molar-refractivity contribution in [2.45, 2.75) is 17.9 Å². The molecule has 18 heavy (non-hydrogen) atoms. The van der Waals surface area contributed by atoms with Gasteiger partial charge in [-0.25, -0.2) is 13.1 Å². The Kier molecular flexibility index (Phi) is 4.94. The maximum absolute atomic E-state index is 11.9. The van der Waals surface area contributed by atoms with Crippen molar-refractivity contribution in [1.29, 1.82) is 0 Å². The normalized spacial score (nSPS) is 13.6. The van der Waals surface area contributed by atoms with E-state index in [-0.39, 0.29) is 22.2 Å². The van der Waals surface area contributed by atoms with Crippen LogP contribution in [-0.4, -0.2) is 37.9 Å². The van der Waals surface area contributed by atoms with Gasteiger partial charge in [-0.15, -0.1) is 0 Å². The van der Waals surface area contributed by atoms with Gasteiger partial charge in [0.1, 0.15) is 0 Å². The second kappa shape index (κ2) is 5.85. The Hall–Kier alpha value is -0.860. The highest BCUT2D eigenvalue weighted by atomic mass is 35.5. The fraction of sp³-hybridized carbons (Fsp3) is 0.400. The van der Waals surface area contributed by atoms with Crippen molar-refractivity contribution >= 4 is 27.3 Å². The Labute approximate surface area is 110 Å². The largest absolute Gasteiger partial charge is 0.398 e. The molecule has 102 valence electrons. The topological polar surface area (TPSA) is 113 Å². The van der Waals surface area contributed by atoms with Gasteiger partial charge >= 0.3 is 0 Å². The highest BCUT2D eigenvalue weighted by Gasteiger charge is 2.17. The van der Waals surface area contributed by atoms with Gasteiger partial charge in [-0.1, -0.05) is 11.6 Å². The molecule has 1 unspecified atom stereocenters. The number of hydrogen-bond donors (Lipinski definition) is 4. The average Bonchev–Trinajstić information content (AvgIpc) is 2.32. The molecule has 1 aromatic rings. The molecule has 1 atom stereocenters. The predicted octanol–water partition coefficient (Wildman–Crippen LogP) is -0.138. The molecule has 0 saturated heterocycles. The minimum absolute atomic E-state index is 0.0826. The van der Waals surface area contributed by atoms with E-state index < -0.39 is 22.7 Å². The molecule has 6 nitrogen and oxygen atoms in total. The zero-order valence-electron chi connectivity index (χ0n) is 9.72. The molecule has 0 fully saturated rings. The van der Waals surface area contributed by atoms with Crippen molar-refractivity contribution in [2.75, 3.05) is 18.9 Å². The van der Waals surface area contributed by atoms with Crippen LogP contribution in [0.3, 0.4) is 0 Å². The molecule has 0 bridgehead atoms. The van der Waals surface area contributed by atoms with Crippen LogP contribution < -0.4 is 10.5 Å². The summed E-state index contributed by atoms with van der Waals surface area (Å²) in [7, 11) is -3.81. The molecule has 5 N–H and O–H groups in total. The predicted molar refractivity (Wildman–Crippen MR) is 68.9 cm³/mol. The second-order valence-electron chi connectivity index (χ2n) is 3.81. The molecule has 0 spiro atoms. The van der Waals surface area contributed by atoms with Gasteiger partial charge in [0.2, 0.25) is 10.0 Å². The van der Waals surface area contributed by atoms with Crippen molar-refractivity contribution in [3.8, 4) is 0 Å². The van der Waals surface area contributed by atoms with Gasteiger partial charge in [0.15, 0.2) is 0 Å². The van der Waals surface area contributed by atoms with Crippen molar-refractivity contribution in [1.82, 2.24) is 4.72 Å². The first kappa shape index (κ1) is 15.2. The summed E-state index contributed by atoms with van der Waals surface area (Å²) in [6.07, 6.45) is -1.15. The number of halogens is 1. The minimum atomic E-state index is -3.81. The van der Waals surface area contributed by atoms with Gasteiger partial charge in [0.05, 0.1) is 17.6 Å². The monoisotopic (exact) mass is 294 g/mol. The summed E-state index contributed by atoms with van der Waals surface area (Å²) in [6.45, 7) is 0.862. The number of aliphatic hydroxyl groups excluding tert-OH is 2. The number of hydrogen-bond acceptors (Lipinski definition) is 5. The number of nitrogens with one attached hydrogen (secondary N) is 1. The van der Waals surface area contributed by atoms with E-state index in [0.717, 1.165) is 0 Å². The molecule has 0 heterocycles. The van der Waals surface area contributed by atoms with Crippen LogP contribution in [0.2, 0.25) is 5.02 Å². The van der Waals surface area contributed by atoms with Crippen molar-refractivity contribution < 1.29 is 18.6 Å². The third kappa shape index (κ3) is 3.56. The first-order valence-electron chi connectivity index (χ1n) is 5.12. The smallest absolute Gasteiger partial charge is 0.240 e. The van der Waals surface area contributed by atoms with Crippen molar-refractivity contribution in [2.24, 2.45) is 0 Å². The number of benzene rings is 1. The molecule has 0 radical (unpaired) electrons. The van der Waals surface area contributed by atoms with Gasteiger partial charge in [0, 0.05) is 17.3 Å². The summed E-state index contributed by atoms with van der Waals surface area (Å²) in [5.74, 6) is 0. The Morgan fingerprint density at radius 1 is 1.50 bits per heavy atom. The average molecular weight is 295 g/mol. The zero-order chi connectivity index (χ0) is 13.9. The lowest BCUT2D eigenvalue weighted by molar-refractivity contribution is 0.0988. The van der Waals surface area contributed by atoms with Crippen LogP contribution in [0.5, 0.6) is 0 Å². The fourth-order valence-corrected chi connectivity index (χ4v) is 2.61. The first-order valence-corrected chi connectivity index (χ1v) is 6.98. The van der Waals surface area contributed by atoms with Crippen LogP contribution in [0, 0.1) is 6.92 Å². The lowest BCUT2D eigenvalue weighted by atomic mass is 10.2. The van der Waals surface area contributed by atoms with Gasteiger partial charge < -0.3 is 15.9 Å². The fourth-order valence-electron chi connectivity index (χ4n) is 1.18. The van der Waals surface area contributed by atoms with E-state index >= 15 is 0 Å². The Balaban J connectivity index is 2.99. The van der Waals surface area contributed by atoms with E-state index in [0.29, 0.717) is 5.56 Å². The molecule has 0 aliphatic rings. The summed E-state index contributed by atoms with van der Waals surface area (Å²) >= 11 is 5.85. The van der Waals surface area contributed by atoms with Crippen molar-refractivity contribution in [3.05, 3.63) is 22.7 Å². The number of nitrogen functional groups attached to an aromatic ring is 1. The van der Waals surface area contributed by atoms with Crippen LogP contribution in [0.4, 0.5) is 5.69 Å². The maximum Gasteiger partial charge on any atom is 0.240 e. The molecular formula is C10H15ClN2O4S. The number of anilines is 1. The lowest BCUT2D eigenvalue weighted by Crippen LogP contribution is -2.34. The first-order chi connectivity index (χ1) is 8.27. The Morgan fingerprint density at radius 2 is 2.11 bits per heavy atom. The standard InChI is InChI=1S/C10H15ClN2O4S/c1-6-9(11)2-8(3-10(6)12)18(16,17)13-4-7(15)5-14/h2-3,7,13-15H,4-5,12H2,1H3. The van der Waals surface area contributed by atoms with Crippen LogP contribution in [-0.2, 0) is 10.0 Å². The maximum atomic E-state index is 11.9. The summed E-state index contributed by atoms with van der Waals surface area (Å²) in [5.41, 5.74) is 6.51. The van der Waals surface area contributed by atoms with E-state index in [1.807, 2.05) is 0 Å². The van der Waals surface area contributed by atoms with E-state index in [1.165, 1.54) is 12.1 Å². The lowest BCUT2D eigenvalue weighted by Gasteiger charge is -2.11. The number of aliphatic hydroxyl groups is 2. The molecule has 0 saturated carbocycles. The Morgan fingerprint density at radius 3 is 2.61 bits per heavy atom. The van der Waals surface area contributed by atoms with Gasteiger partial charge in [-0.3, -0.25) is 0 Å². The van der Waals surface area contributed by atoms with Crippen LogP contribution in [0.15, 0.2) is 17.0 Å². The number of sulfonamides is 1. The van der Waals surface area contributed by atoms with Gasteiger partial charge in [-0.2, -0.15) is 0 Å². The number of nitrogens with two attached hydrogens (primary N) is 1. The molecule has 8 heteroatoms. The highest BCUT2D eigenvalue weighted by Crippen LogP contribution is 2.25. The summed E-state index contributed by atoms with van der Waals surface area (Å²) < 4.78 is 25.8. The Bertz CT molecular complexity index is 510. The molecule has 1 aromatic carbocycles. The van der Waals surface area contributed by atoms with E-state index in [2.05, 4.69) is 4.72 Å². The molecule has 1 rings (SSSR count). The molecule has 0 aromatic heterocycles.